The van der Waals surface area contributed by atoms with Gasteiger partial charge < -0.3 is 5.32 Å². The van der Waals surface area contributed by atoms with E-state index in [2.05, 4.69) is 21.9 Å². The second-order valence-corrected chi connectivity index (χ2v) is 7.05. The van der Waals surface area contributed by atoms with E-state index in [0.717, 1.165) is 41.6 Å². The molecule has 3 heterocycles. The Balaban J connectivity index is 1.85. The topological polar surface area (TPSA) is 59.8 Å². The van der Waals surface area contributed by atoms with Crippen LogP contribution in [0.3, 0.4) is 0 Å². The van der Waals surface area contributed by atoms with Crippen LogP contribution < -0.4 is 5.32 Å². The maximum absolute atomic E-state index is 13.4. The predicted octanol–water partition coefficient (Wildman–Crippen LogP) is 5.00. The number of amides is 1. The predicted molar refractivity (Wildman–Crippen MR) is 107 cm³/mol. The van der Waals surface area contributed by atoms with Gasteiger partial charge in [-0.1, -0.05) is 13.8 Å². The number of aromatic nitrogens is 3. The highest BCUT2D eigenvalue weighted by Crippen LogP contribution is 2.41. The summed E-state index contributed by atoms with van der Waals surface area (Å²) < 4.78 is 15.6. The van der Waals surface area contributed by atoms with Gasteiger partial charge in [-0.25, -0.2) is 9.37 Å². The maximum atomic E-state index is 13.4. The van der Waals surface area contributed by atoms with Crippen LogP contribution in [0, 0.1) is 5.82 Å². The van der Waals surface area contributed by atoms with E-state index in [4.69, 9.17) is 5.10 Å². The van der Waals surface area contributed by atoms with Crippen molar-refractivity contribution in [1.29, 1.82) is 0 Å². The summed E-state index contributed by atoms with van der Waals surface area (Å²) in [7, 11) is 0. The van der Waals surface area contributed by atoms with Crippen molar-refractivity contribution in [3.63, 3.8) is 0 Å². The fourth-order valence-corrected chi connectivity index (χ4v) is 3.81. The molecule has 2 aromatic heterocycles. The van der Waals surface area contributed by atoms with Crippen LogP contribution in [0.2, 0.25) is 0 Å². The number of hydrogen-bond donors (Lipinski definition) is 1. The zero-order chi connectivity index (χ0) is 19.7. The SMILES string of the molecule is CCC(=O)Nc1cc(-c2c(-c3ccc(F)cc3)nn3c2CCC3CC)ccn1. The van der Waals surface area contributed by atoms with E-state index in [1.54, 1.807) is 25.3 Å². The monoisotopic (exact) mass is 378 g/mol. The van der Waals surface area contributed by atoms with Crippen LogP contribution in [0.4, 0.5) is 10.2 Å². The zero-order valence-corrected chi connectivity index (χ0v) is 16.1. The summed E-state index contributed by atoms with van der Waals surface area (Å²) in [5, 5.41) is 7.73. The lowest BCUT2D eigenvalue weighted by atomic mass is 9.98. The molecular weight excluding hydrogens is 355 g/mol. The molecule has 144 valence electrons. The van der Waals surface area contributed by atoms with Crippen LogP contribution in [0.5, 0.6) is 0 Å². The summed E-state index contributed by atoms with van der Waals surface area (Å²) in [6, 6.07) is 10.6. The molecule has 4 rings (SSSR count). The van der Waals surface area contributed by atoms with Crippen LogP contribution in [0.15, 0.2) is 42.6 Å². The third-order valence-corrected chi connectivity index (χ3v) is 5.30. The molecule has 5 nitrogen and oxygen atoms in total. The first-order chi connectivity index (χ1) is 13.6. The highest BCUT2D eigenvalue weighted by molar-refractivity contribution is 5.91. The lowest BCUT2D eigenvalue weighted by Crippen LogP contribution is -2.10. The van der Waals surface area contributed by atoms with E-state index < -0.39 is 0 Å². The Morgan fingerprint density at radius 2 is 2.00 bits per heavy atom. The normalized spacial score (nSPS) is 15.5. The number of benzene rings is 1. The van der Waals surface area contributed by atoms with Gasteiger partial charge in [0.05, 0.1) is 6.04 Å². The highest BCUT2D eigenvalue weighted by Gasteiger charge is 2.29. The fraction of sp³-hybridized carbons (Fsp3) is 0.318. The van der Waals surface area contributed by atoms with Gasteiger partial charge in [0, 0.05) is 29.4 Å². The Labute approximate surface area is 163 Å². The molecule has 0 aliphatic carbocycles. The molecule has 1 amide bonds. The number of carbonyl (C=O) groups excluding carboxylic acids is 1. The lowest BCUT2D eigenvalue weighted by molar-refractivity contribution is -0.115. The van der Waals surface area contributed by atoms with Crippen molar-refractivity contribution in [2.45, 2.75) is 45.6 Å². The van der Waals surface area contributed by atoms with E-state index in [-0.39, 0.29) is 11.7 Å². The number of rotatable bonds is 5. The molecule has 0 bridgehead atoms. The zero-order valence-electron chi connectivity index (χ0n) is 16.1. The van der Waals surface area contributed by atoms with Crippen molar-refractivity contribution in [2.24, 2.45) is 0 Å². The number of pyridine rings is 1. The van der Waals surface area contributed by atoms with Gasteiger partial charge >= 0.3 is 0 Å². The van der Waals surface area contributed by atoms with E-state index in [1.807, 2.05) is 12.1 Å². The molecule has 1 aliphatic heterocycles. The molecule has 0 saturated carbocycles. The Kier molecular flexibility index (Phi) is 4.94. The fourth-order valence-electron chi connectivity index (χ4n) is 3.81. The van der Waals surface area contributed by atoms with E-state index >= 15 is 0 Å². The number of fused-ring (bicyclic) bond motifs is 1. The Morgan fingerprint density at radius 1 is 1.21 bits per heavy atom. The minimum absolute atomic E-state index is 0.0744. The quantitative estimate of drug-likeness (QED) is 0.680. The van der Waals surface area contributed by atoms with E-state index in [1.165, 1.54) is 17.8 Å². The van der Waals surface area contributed by atoms with Gasteiger partial charge in [0.25, 0.3) is 0 Å². The van der Waals surface area contributed by atoms with Crippen LogP contribution in [0.25, 0.3) is 22.4 Å². The van der Waals surface area contributed by atoms with Crippen molar-refractivity contribution < 1.29 is 9.18 Å². The molecule has 0 radical (unpaired) electrons. The Morgan fingerprint density at radius 3 is 2.71 bits per heavy atom. The summed E-state index contributed by atoms with van der Waals surface area (Å²) in [4.78, 5) is 16.0. The summed E-state index contributed by atoms with van der Waals surface area (Å²) in [5.41, 5.74) is 4.90. The first-order valence-electron chi connectivity index (χ1n) is 9.74. The van der Waals surface area contributed by atoms with Gasteiger partial charge in [-0.2, -0.15) is 5.10 Å². The molecule has 3 aromatic rings. The summed E-state index contributed by atoms with van der Waals surface area (Å²) >= 11 is 0. The van der Waals surface area contributed by atoms with Gasteiger partial charge in [0.15, 0.2) is 0 Å². The lowest BCUT2D eigenvalue weighted by Gasteiger charge is -2.08. The average molecular weight is 378 g/mol. The number of halogens is 1. The molecule has 0 saturated heterocycles. The first-order valence-corrected chi connectivity index (χ1v) is 9.74. The molecule has 0 spiro atoms. The van der Waals surface area contributed by atoms with Crippen molar-refractivity contribution >= 4 is 11.7 Å². The van der Waals surface area contributed by atoms with E-state index in [0.29, 0.717) is 18.3 Å². The highest BCUT2D eigenvalue weighted by atomic mass is 19.1. The van der Waals surface area contributed by atoms with Gasteiger partial charge in [-0.05, 0) is 61.2 Å². The number of hydrogen-bond acceptors (Lipinski definition) is 3. The standard InChI is InChI=1S/C22H23FN4O/c1-3-17-9-10-18-21(15-11-12-24-19(13-15)25-20(28)4-2)22(26-27(17)18)14-5-7-16(23)8-6-14/h5-8,11-13,17H,3-4,9-10H2,1-2H3,(H,24,25,28). The number of nitrogens with one attached hydrogen (secondary N) is 1. The Hall–Kier alpha value is -3.02. The van der Waals surface area contributed by atoms with E-state index in [9.17, 15) is 9.18 Å². The molecule has 1 aromatic carbocycles. The molecule has 6 heteroatoms. The molecule has 1 unspecified atom stereocenters. The summed E-state index contributed by atoms with van der Waals surface area (Å²) in [6.45, 7) is 3.98. The van der Waals surface area contributed by atoms with Crippen molar-refractivity contribution in [3.05, 3.63) is 54.1 Å². The van der Waals surface area contributed by atoms with Gasteiger partial charge in [-0.3, -0.25) is 9.48 Å². The van der Waals surface area contributed by atoms with Gasteiger partial charge in [0.1, 0.15) is 17.3 Å². The van der Waals surface area contributed by atoms with Crippen LogP contribution in [0.1, 0.15) is 44.8 Å². The number of anilines is 1. The second-order valence-electron chi connectivity index (χ2n) is 7.05. The summed E-state index contributed by atoms with van der Waals surface area (Å²) in [5.74, 6) is 0.186. The maximum Gasteiger partial charge on any atom is 0.225 e. The van der Waals surface area contributed by atoms with Crippen LogP contribution in [-0.4, -0.2) is 20.7 Å². The molecule has 0 fully saturated rings. The Bertz CT molecular complexity index is 1010. The molecule has 28 heavy (non-hydrogen) atoms. The van der Waals surface area contributed by atoms with Crippen molar-refractivity contribution in [3.8, 4) is 22.4 Å². The molecule has 1 aliphatic rings. The van der Waals surface area contributed by atoms with Crippen molar-refractivity contribution in [1.82, 2.24) is 14.8 Å². The third-order valence-electron chi connectivity index (χ3n) is 5.30. The number of nitrogens with zero attached hydrogens (tertiary/aromatic N) is 3. The third kappa shape index (κ3) is 3.30. The van der Waals surface area contributed by atoms with Crippen LogP contribution >= 0.6 is 0 Å². The number of carbonyl (C=O) groups is 1. The minimum Gasteiger partial charge on any atom is -0.311 e. The smallest absolute Gasteiger partial charge is 0.225 e. The van der Waals surface area contributed by atoms with Gasteiger partial charge in [0.2, 0.25) is 5.91 Å². The first kappa shape index (κ1) is 18.3. The molecule has 1 N–H and O–H groups in total. The van der Waals surface area contributed by atoms with Crippen LogP contribution in [-0.2, 0) is 11.2 Å². The molecule has 1 atom stereocenters. The van der Waals surface area contributed by atoms with Crippen molar-refractivity contribution in [2.75, 3.05) is 5.32 Å². The average Bonchev–Trinajstić information content (AvgIpc) is 3.27. The minimum atomic E-state index is -0.267. The largest absolute Gasteiger partial charge is 0.311 e. The molecular formula is C22H23FN4O. The van der Waals surface area contributed by atoms with Gasteiger partial charge in [-0.15, -0.1) is 0 Å². The second kappa shape index (κ2) is 7.54. The summed E-state index contributed by atoms with van der Waals surface area (Å²) in [6.07, 6.45) is 5.13.